The average Bonchev–Trinajstić information content (AvgIpc) is 3.05. The zero-order valence-electron chi connectivity index (χ0n) is 13.1. The highest BCUT2D eigenvalue weighted by Crippen LogP contribution is 2.19. The van der Waals surface area contributed by atoms with E-state index < -0.39 is 10.0 Å². The first-order valence-corrected chi connectivity index (χ1v) is 8.65. The van der Waals surface area contributed by atoms with Crippen molar-refractivity contribution < 1.29 is 12.9 Å². The zero-order chi connectivity index (χ0) is 16.6. The first-order chi connectivity index (χ1) is 10.9. The summed E-state index contributed by atoms with van der Waals surface area (Å²) in [5.74, 6) is 0.872. The fraction of sp³-hybridized carbons (Fsp3) is 0.357. The van der Waals surface area contributed by atoms with Gasteiger partial charge in [-0.3, -0.25) is 0 Å². The van der Waals surface area contributed by atoms with Gasteiger partial charge in [0, 0.05) is 12.7 Å². The van der Waals surface area contributed by atoms with Crippen molar-refractivity contribution in [1.82, 2.24) is 24.4 Å². The molecule has 1 N–H and O–H groups in total. The van der Waals surface area contributed by atoms with Crippen molar-refractivity contribution in [1.29, 1.82) is 0 Å². The van der Waals surface area contributed by atoms with Gasteiger partial charge in [-0.1, -0.05) is 5.16 Å². The number of hydrogen-bond acceptors (Lipinski definition) is 6. The molecule has 0 radical (unpaired) electrons. The molecule has 3 aromatic rings. The highest BCUT2D eigenvalue weighted by atomic mass is 32.2. The van der Waals surface area contributed by atoms with E-state index in [-0.39, 0.29) is 17.2 Å². The van der Waals surface area contributed by atoms with Crippen LogP contribution in [0.15, 0.2) is 27.7 Å². The standard InChI is InChI=1S/C14H17N5O3S/c1-4-19-12(17-11-6-5-7-15-14(11)19)8-16-23(20,21)13-9(2)18-22-10(13)3/h5-7,16H,4,8H2,1-3H3. The monoisotopic (exact) mass is 335 g/mol. The molecule has 0 fully saturated rings. The van der Waals surface area contributed by atoms with Gasteiger partial charge in [-0.2, -0.15) is 0 Å². The maximum atomic E-state index is 12.5. The van der Waals surface area contributed by atoms with Crippen LogP contribution in [0.4, 0.5) is 0 Å². The summed E-state index contributed by atoms with van der Waals surface area (Å²) in [6, 6.07) is 3.65. The maximum Gasteiger partial charge on any atom is 0.246 e. The molecule has 0 bridgehead atoms. The van der Waals surface area contributed by atoms with Gasteiger partial charge in [-0.25, -0.2) is 23.1 Å². The molecule has 8 nitrogen and oxygen atoms in total. The topological polar surface area (TPSA) is 103 Å². The van der Waals surface area contributed by atoms with Crippen molar-refractivity contribution in [2.45, 2.75) is 38.8 Å². The summed E-state index contributed by atoms with van der Waals surface area (Å²) < 4.78 is 34.3. The third kappa shape index (κ3) is 2.73. The van der Waals surface area contributed by atoms with Gasteiger partial charge in [0.15, 0.2) is 11.4 Å². The van der Waals surface area contributed by atoms with E-state index in [4.69, 9.17) is 4.52 Å². The SMILES string of the molecule is CCn1c(CNS(=O)(=O)c2c(C)noc2C)nc2cccnc21. The lowest BCUT2D eigenvalue weighted by Gasteiger charge is -2.08. The molecule has 0 atom stereocenters. The van der Waals surface area contributed by atoms with Crippen molar-refractivity contribution in [2.24, 2.45) is 0 Å². The van der Waals surface area contributed by atoms with Crippen molar-refractivity contribution in [2.75, 3.05) is 0 Å². The Kier molecular flexibility index (Phi) is 3.90. The largest absolute Gasteiger partial charge is 0.360 e. The van der Waals surface area contributed by atoms with Gasteiger partial charge in [0.05, 0.1) is 6.54 Å². The third-order valence-corrected chi connectivity index (χ3v) is 5.20. The minimum atomic E-state index is -3.72. The molecular formula is C14H17N5O3S. The van der Waals surface area contributed by atoms with Gasteiger partial charge in [-0.05, 0) is 32.9 Å². The lowest BCUT2D eigenvalue weighted by atomic mass is 10.4. The van der Waals surface area contributed by atoms with E-state index in [0.717, 1.165) is 11.2 Å². The molecule has 9 heteroatoms. The van der Waals surface area contributed by atoms with Crippen molar-refractivity contribution in [3.8, 4) is 0 Å². The molecule has 122 valence electrons. The van der Waals surface area contributed by atoms with Crippen LogP contribution in [0, 0.1) is 13.8 Å². The van der Waals surface area contributed by atoms with E-state index in [9.17, 15) is 8.42 Å². The predicted molar refractivity (Wildman–Crippen MR) is 83.2 cm³/mol. The van der Waals surface area contributed by atoms with Crippen LogP contribution in [-0.2, 0) is 23.1 Å². The molecule has 0 aliphatic carbocycles. The minimum absolute atomic E-state index is 0.0661. The van der Waals surface area contributed by atoms with Crippen LogP contribution in [0.25, 0.3) is 11.2 Å². The number of fused-ring (bicyclic) bond motifs is 1. The Morgan fingerprint density at radius 1 is 1.35 bits per heavy atom. The van der Waals surface area contributed by atoms with Crippen LogP contribution in [0.1, 0.15) is 24.2 Å². The third-order valence-electron chi connectivity index (χ3n) is 3.56. The van der Waals surface area contributed by atoms with Crippen LogP contribution in [0.3, 0.4) is 0 Å². The fourth-order valence-corrected chi connectivity index (χ4v) is 3.87. The Hall–Kier alpha value is -2.26. The highest BCUT2D eigenvalue weighted by molar-refractivity contribution is 7.89. The highest BCUT2D eigenvalue weighted by Gasteiger charge is 2.24. The van der Waals surface area contributed by atoms with Gasteiger partial charge < -0.3 is 9.09 Å². The number of imidazole rings is 1. The summed E-state index contributed by atoms with van der Waals surface area (Å²) in [7, 11) is -3.72. The molecule has 3 rings (SSSR count). The van der Waals surface area contributed by atoms with E-state index in [0.29, 0.717) is 18.1 Å². The number of aromatic nitrogens is 4. The molecule has 0 amide bonds. The Morgan fingerprint density at radius 2 is 2.13 bits per heavy atom. The summed E-state index contributed by atoms with van der Waals surface area (Å²) in [5.41, 5.74) is 1.81. The first kappa shape index (κ1) is 15.6. The van der Waals surface area contributed by atoms with E-state index in [2.05, 4.69) is 19.8 Å². The number of nitrogens with zero attached hydrogens (tertiary/aromatic N) is 4. The summed E-state index contributed by atoms with van der Waals surface area (Å²) >= 11 is 0. The second kappa shape index (κ2) is 5.74. The normalized spacial score (nSPS) is 12.1. The molecule has 0 aromatic carbocycles. The molecule has 3 heterocycles. The molecule has 0 saturated carbocycles. The molecular weight excluding hydrogens is 318 g/mol. The number of nitrogens with one attached hydrogen (secondary N) is 1. The number of aryl methyl sites for hydroxylation is 3. The van der Waals surface area contributed by atoms with Crippen LogP contribution in [0.2, 0.25) is 0 Å². The first-order valence-electron chi connectivity index (χ1n) is 7.16. The van der Waals surface area contributed by atoms with Crippen LogP contribution >= 0.6 is 0 Å². The maximum absolute atomic E-state index is 12.5. The Bertz CT molecular complexity index is 939. The second-order valence-corrected chi connectivity index (χ2v) is 6.80. The summed E-state index contributed by atoms with van der Waals surface area (Å²) in [6.07, 6.45) is 1.69. The van der Waals surface area contributed by atoms with Crippen molar-refractivity contribution >= 4 is 21.2 Å². The smallest absolute Gasteiger partial charge is 0.246 e. The number of pyridine rings is 1. The zero-order valence-corrected chi connectivity index (χ0v) is 13.9. The Morgan fingerprint density at radius 3 is 2.78 bits per heavy atom. The van der Waals surface area contributed by atoms with Crippen LogP contribution in [-0.4, -0.2) is 28.1 Å². The van der Waals surface area contributed by atoms with E-state index >= 15 is 0 Å². The van der Waals surface area contributed by atoms with E-state index in [1.807, 2.05) is 17.6 Å². The number of hydrogen-bond donors (Lipinski definition) is 1. The molecule has 0 unspecified atom stereocenters. The fourth-order valence-electron chi connectivity index (χ4n) is 2.56. The summed E-state index contributed by atoms with van der Waals surface area (Å²) in [5, 5.41) is 3.68. The molecule has 0 spiro atoms. The molecule has 23 heavy (non-hydrogen) atoms. The number of rotatable bonds is 5. The van der Waals surface area contributed by atoms with Crippen LogP contribution < -0.4 is 4.72 Å². The lowest BCUT2D eigenvalue weighted by Crippen LogP contribution is -2.26. The Balaban J connectivity index is 1.92. The average molecular weight is 335 g/mol. The van der Waals surface area contributed by atoms with Gasteiger partial charge in [0.25, 0.3) is 0 Å². The van der Waals surface area contributed by atoms with Crippen LogP contribution in [0.5, 0.6) is 0 Å². The minimum Gasteiger partial charge on any atom is -0.360 e. The Labute approximate surface area is 133 Å². The van der Waals surface area contributed by atoms with Gasteiger partial charge in [0.2, 0.25) is 10.0 Å². The van der Waals surface area contributed by atoms with E-state index in [1.165, 1.54) is 0 Å². The second-order valence-electron chi connectivity index (χ2n) is 5.10. The summed E-state index contributed by atoms with van der Waals surface area (Å²) in [4.78, 5) is 8.82. The van der Waals surface area contributed by atoms with E-state index in [1.54, 1.807) is 26.1 Å². The van der Waals surface area contributed by atoms with Gasteiger partial charge >= 0.3 is 0 Å². The number of sulfonamides is 1. The van der Waals surface area contributed by atoms with Gasteiger partial charge in [0.1, 0.15) is 21.9 Å². The predicted octanol–water partition coefficient (Wildman–Crippen LogP) is 1.53. The van der Waals surface area contributed by atoms with Crippen molar-refractivity contribution in [3.05, 3.63) is 35.6 Å². The molecule has 0 aliphatic rings. The van der Waals surface area contributed by atoms with Crippen molar-refractivity contribution in [3.63, 3.8) is 0 Å². The molecule has 0 saturated heterocycles. The molecule has 0 aliphatic heterocycles. The quantitative estimate of drug-likeness (QED) is 0.758. The summed E-state index contributed by atoms with van der Waals surface area (Å²) in [6.45, 7) is 5.84. The van der Waals surface area contributed by atoms with Gasteiger partial charge in [-0.15, -0.1) is 0 Å². The lowest BCUT2D eigenvalue weighted by molar-refractivity contribution is 0.390. The molecule has 3 aromatic heterocycles.